The van der Waals surface area contributed by atoms with E-state index in [4.69, 9.17) is 0 Å². The highest BCUT2D eigenvalue weighted by atomic mass is 16.2. The molecule has 3 aliphatic rings. The maximum absolute atomic E-state index is 12.4. The second-order valence-electron chi connectivity index (χ2n) is 6.50. The van der Waals surface area contributed by atoms with Gasteiger partial charge in [-0.25, -0.2) is 0 Å². The van der Waals surface area contributed by atoms with Crippen LogP contribution in [0.1, 0.15) is 39.0 Å². The highest BCUT2D eigenvalue weighted by Gasteiger charge is 2.38. The fraction of sp³-hybridized carbons (Fsp3) is 0.929. The monoisotopic (exact) mass is 251 g/mol. The van der Waals surface area contributed by atoms with Gasteiger partial charge < -0.3 is 10.6 Å². The number of nitrogens with one attached hydrogen (secondary N) is 2. The molecule has 1 aliphatic carbocycles. The van der Waals surface area contributed by atoms with Gasteiger partial charge in [0.05, 0.1) is 0 Å². The van der Waals surface area contributed by atoms with E-state index in [0.29, 0.717) is 6.04 Å². The molecule has 1 amide bonds. The molecule has 3 rings (SSSR count). The lowest BCUT2D eigenvalue weighted by Crippen LogP contribution is -2.49. The zero-order valence-corrected chi connectivity index (χ0v) is 11.4. The van der Waals surface area contributed by atoms with Crippen LogP contribution in [0.4, 0.5) is 0 Å². The van der Waals surface area contributed by atoms with Gasteiger partial charge in [0.2, 0.25) is 5.91 Å². The number of hydrogen-bond donors (Lipinski definition) is 2. The molecule has 2 aliphatic heterocycles. The smallest absolute Gasteiger partial charge is 0.226 e. The number of nitrogens with zero attached hydrogens (tertiary/aromatic N) is 1. The van der Waals surface area contributed by atoms with E-state index in [1.165, 1.54) is 19.4 Å². The molecule has 1 unspecified atom stereocenters. The van der Waals surface area contributed by atoms with Crippen LogP contribution in [0.3, 0.4) is 0 Å². The Morgan fingerprint density at radius 1 is 1.28 bits per heavy atom. The second-order valence-corrected chi connectivity index (χ2v) is 6.50. The molecule has 102 valence electrons. The zero-order valence-electron chi connectivity index (χ0n) is 11.4. The van der Waals surface area contributed by atoms with Crippen molar-refractivity contribution in [2.24, 2.45) is 5.41 Å². The van der Waals surface area contributed by atoms with Gasteiger partial charge in [-0.2, -0.15) is 0 Å². The Morgan fingerprint density at radius 2 is 2.00 bits per heavy atom. The van der Waals surface area contributed by atoms with Crippen LogP contribution in [-0.4, -0.2) is 49.1 Å². The van der Waals surface area contributed by atoms with Crippen molar-refractivity contribution in [3.8, 4) is 0 Å². The summed E-state index contributed by atoms with van der Waals surface area (Å²) >= 11 is 0. The topological polar surface area (TPSA) is 44.4 Å². The van der Waals surface area contributed by atoms with Gasteiger partial charge in [-0.3, -0.25) is 9.69 Å². The molecule has 1 atom stereocenters. The summed E-state index contributed by atoms with van der Waals surface area (Å²) in [6.07, 6.45) is 5.81. The molecule has 4 heteroatoms. The summed E-state index contributed by atoms with van der Waals surface area (Å²) in [5, 5.41) is 6.62. The molecule has 1 saturated carbocycles. The zero-order chi connectivity index (χ0) is 12.6. The van der Waals surface area contributed by atoms with Crippen molar-refractivity contribution in [3.05, 3.63) is 0 Å². The molecule has 0 aromatic carbocycles. The fourth-order valence-electron chi connectivity index (χ4n) is 3.24. The van der Waals surface area contributed by atoms with Crippen LogP contribution in [-0.2, 0) is 4.79 Å². The Kier molecular flexibility index (Phi) is 3.32. The van der Waals surface area contributed by atoms with Crippen molar-refractivity contribution in [2.45, 2.75) is 51.1 Å². The van der Waals surface area contributed by atoms with Gasteiger partial charge in [0.15, 0.2) is 0 Å². The van der Waals surface area contributed by atoms with Crippen LogP contribution in [0.2, 0.25) is 0 Å². The Morgan fingerprint density at radius 3 is 2.67 bits per heavy atom. The first-order valence-electron chi connectivity index (χ1n) is 7.43. The number of hydrogen-bond acceptors (Lipinski definition) is 3. The third-order valence-corrected chi connectivity index (χ3v) is 4.87. The predicted molar refractivity (Wildman–Crippen MR) is 71.4 cm³/mol. The molecule has 0 spiro atoms. The van der Waals surface area contributed by atoms with Crippen molar-refractivity contribution in [3.63, 3.8) is 0 Å². The van der Waals surface area contributed by atoms with Gasteiger partial charge in [0.1, 0.15) is 0 Å². The number of amides is 1. The maximum atomic E-state index is 12.4. The first kappa shape index (κ1) is 12.4. The van der Waals surface area contributed by atoms with Gasteiger partial charge in [-0.05, 0) is 45.2 Å². The van der Waals surface area contributed by atoms with Crippen molar-refractivity contribution in [1.29, 1.82) is 0 Å². The molecule has 0 bridgehead atoms. The Labute approximate surface area is 109 Å². The summed E-state index contributed by atoms with van der Waals surface area (Å²) in [5.41, 5.74) is -0.141. The lowest BCUT2D eigenvalue weighted by molar-refractivity contribution is -0.132. The van der Waals surface area contributed by atoms with Crippen LogP contribution in [0.5, 0.6) is 0 Å². The largest absolute Gasteiger partial charge is 0.352 e. The molecular formula is C14H25N3O. The molecule has 0 radical (unpaired) electrons. The lowest BCUT2D eigenvalue weighted by Gasteiger charge is -2.33. The molecule has 4 nitrogen and oxygen atoms in total. The summed E-state index contributed by atoms with van der Waals surface area (Å²) in [7, 11) is 0. The van der Waals surface area contributed by atoms with Gasteiger partial charge >= 0.3 is 0 Å². The van der Waals surface area contributed by atoms with Gasteiger partial charge in [-0.15, -0.1) is 0 Å². The predicted octanol–water partition coefficient (Wildman–Crippen LogP) is 0.729. The second kappa shape index (κ2) is 4.82. The van der Waals surface area contributed by atoms with E-state index >= 15 is 0 Å². The molecule has 2 saturated heterocycles. The van der Waals surface area contributed by atoms with E-state index in [-0.39, 0.29) is 11.3 Å². The van der Waals surface area contributed by atoms with Crippen LogP contribution in [0.25, 0.3) is 0 Å². The maximum Gasteiger partial charge on any atom is 0.226 e. The molecule has 18 heavy (non-hydrogen) atoms. The number of carbonyl (C=O) groups excluding carboxylic acids is 1. The van der Waals surface area contributed by atoms with Crippen molar-refractivity contribution in [2.75, 3.05) is 26.2 Å². The van der Waals surface area contributed by atoms with E-state index in [1.54, 1.807) is 0 Å². The van der Waals surface area contributed by atoms with E-state index < -0.39 is 0 Å². The number of rotatable bonds is 3. The number of carbonyl (C=O) groups is 1. The summed E-state index contributed by atoms with van der Waals surface area (Å²) in [5.74, 6) is 0.284. The van der Waals surface area contributed by atoms with Gasteiger partial charge in [0.25, 0.3) is 0 Å². The fourth-order valence-corrected chi connectivity index (χ4v) is 3.24. The van der Waals surface area contributed by atoms with Gasteiger partial charge in [0, 0.05) is 30.6 Å². The summed E-state index contributed by atoms with van der Waals surface area (Å²) in [6.45, 7) is 6.32. The quantitative estimate of drug-likeness (QED) is 0.777. The normalized spacial score (nSPS) is 32.4. The summed E-state index contributed by atoms with van der Waals surface area (Å²) in [6, 6.07) is 1.23. The molecule has 2 heterocycles. The standard InChI is InChI=1S/C14H25N3O/c1-14(5-7-15-8-6-14)13(18)16-11-4-9-17(10-11)12-2-3-12/h11-12,15H,2-10H2,1H3,(H,16,18). The van der Waals surface area contributed by atoms with Crippen molar-refractivity contribution >= 4 is 5.91 Å². The van der Waals surface area contributed by atoms with Crippen LogP contribution in [0.15, 0.2) is 0 Å². The van der Waals surface area contributed by atoms with Crippen molar-refractivity contribution < 1.29 is 4.79 Å². The molecule has 3 fully saturated rings. The minimum atomic E-state index is -0.141. The Balaban J connectivity index is 1.51. The number of likely N-dealkylation sites (tertiary alicyclic amines) is 1. The Hall–Kier alpha value is -0.610. The first-order valence-corrected chi connectivity index (χ1v) is 7.43. The average molecular weight is 251 g/mol. The average Bonchev–Trinajstić information content (AvgIpc) is 3.11. The van der Waals surface area contributed by atoms with E-state index in [1.807, 2.05) is 0 Å². The summed E-state index contributed by atoms with van der Waals surface area (Å²) in [4.78, 5) is 15.0. The van der Waals surface area contributed by atoms with Crippen molar-refractivity contribution in [1.82, 2.24) is 15.5 Å². The van der Waals surface area contributed by atoms with E-state index in [2.05, 4.69) is 22.5 Å². The van der Waals surface area contributed by atoms with Crippen LogP contribution < -0.4 is 10.6 Å². The summed E-state index contributed by atoms with van der Waals surface area (Å²) < 4.78 is 0. The molecule has 2 N–H and O–H groups in total. The third-order valence-electron chi connectivity index (χ3n) is 4.87. The van der Waals surface area contributed by atoms with Gasteiger partial charge in [-0.1, -0.05) is 6.92 Å². The highest BCUT2D eigenvalue weighted by molar-refractivity contribution is 5.82. The van der Waals surface area contributed by atoms with E-state index in [0.717, 1.165) is 44.9 Å². The Bertz CT molecular complexity index is 321. The third kappa shape index (κ3) is 2.54. The molecule has 0 aromatic heterocycles. The van der Waals surface area contributed by atoms with E-state index in [9.17, 15) is 4.79 Å². The first-order chi connectivity index (χ1) is 8.67. The molecular weight excluding hydrogens is 226 g/mol. The minimum Gasteiger partial charge on any atom is -0.352 e. The minimum absolute atomic E-state index is 0.141. The number of piperidine rings is 1. The highest BCUT2D eigenvalue weighted by Crippen LogP contribution is 2.31. The van der Waals surface area contributed by atoms with Crippen LogP contribution in [0, 0.1) is 5.41 Å². The molecule has 0 aromatic rings. The van der Waals surface area contributed by atoms with Crippen LogP contribution >= 0.6 is 0 Å². The lowest BCUT2D eigenvalue weighted by atomic mass is 9.80. The SMILES string of the molecule is CC1(C(=O)NC2CCN(C3CC3)C2)CCNCC1.